The number of rotatable bonds is 6. The first-order valence-electron chi connectivity index (χ1n) is 5.51. The van der Waals surface area contributed by atoms with Gasteiger partial charge in [-0.1, -0.05) is 13.0 Å². The van der Waals surface area contributed by atoms with Gasteiger partial charge in [0.1, 0.15) is 5.75 Å². The molecule has 0 aliphatic carbocycles. The lowest BCUT2D eigenvalue weighted by Gasteiger charge is -2.10. The van der Waals surface area contributed by atoms with Crippen molar-refractivity contribution in [3.63, 3.8) is 0 Å². The minimum Gasteiger partial charge on any atom is -0.469 e. The standard InChI is InChI=1S/C13H18O4/c1-4-10-7-12(17-9-15-2)6-5-11(10)8-13(14)16-3/h5-7H,4,8-9H2,1-3H3. The van der Waals surface area contributed by atoms with Crippen molar-refractivity contribution in [3.8, 4) is 5.75 Å². The molecule has 17 heavy (non-hydrogen) atoms. The van der Waals surface area contributed by atoms with E-state index in [0.717, 1.165) is 23.3 Å². The number of carbonyl (C=O) groups excluding carboxylic acids is 1. The van der Waals surface area contributed by atoms with Crippen LogP contribution in [0.15, 0.2) is 18.2 Å². The van der Waals surface area contributed by atoms with Gasteiger partial charge in [0.15, 0.2) is 6.79 Å². The van der Waals surface area contributed by atoms with E-state index in [9.17, 15) is 4.79 Å². The van der Waals surface area contributed by atoms with Crippen LogP contribution < -0.4 is 4.74 Å². The van der Waals surface area contributed by atoms with Crippen molar-refractivity contribution in [3.05, 3.63) is 29.3 Å². The Labute approximate surface area is 101 Å². The topological polar surface area (TPSA) is 44.8 Å². The van der Waals surface area contributed by atoms with E-state index in [1.54, 1.807) is 7.11 Å². The first kappa shape index (κ1) is 13.5. The van der Waals surface area contributed by atoms with Gasteiger partial charge in [-0.2, -0.15) is 0 Å². The molecule has 0 heterocycles. The molecular formula is C13H18O4. The van der Waals surface area contributed by atoms with Gasteiger partial charge in [-0.3, -0.25) is 4.79 Å². The molecule has 0 fully saturated rings. The molecule has 0 atom stereocenters. The van der Waals surface area contributed by atoms with Crippen LogP contribution in [0.5, 0.6) is 5.75 Å². The first-order valence-corrected chi connectivity index (χ1v) is 5.51. The largest absolute Gasteiger partial charge is 0.469 e. The van der Waals surface area contributed by atoms with Crippen molar-refractivity contribution in [1.82, 2.24) is 0 Å². The predicted octanol–water partition coefficient (Wildman–Crippen LogP) is 1.95. The Morgan fingerprint density at radius 3 is 2.59 bits per heavy atom. The zero-order chi connectivity index (χ0) is 12.7. The molecule has 94 valence electrons. The van der Waals surface area contributed by atoms with Gasteiger partial charge in [-0.05, 0) is 29.7 Å². The van der Waals surface area contributed by atoms with Gasteiger partial charge >= 0.3 is 5.97 Å². The number of ether oxygens (including phenoxy) is 3. The fraction of sp³-hybridized carbons (Fsp3) is 0.462. The van der Waals surface area contributed by atoms with Gasteiger partial charge in [-0.15, -0.1) is 0 Å². The summed E-state index contributed by atoms with van der Waals surface area (Å²) in [6.45, 7) is 2.26. The molecule has 0 saturated heterocycles. The molecule has 0 saturated carbocycles. The Morgan fingerprint density at radius 2 is 2.00 bits per heavy atom. The van der Waals surface area contributed by atoms with Gasteiger partial charge in [0, 0.05) is 7.11 Å². The van der Waals surface area contributed by atoms with Crippen LogP contribution in [-0.2, 0) is 27.1 Å². The first-order chi connectivity index (χ1) is 8.21. The molecule has 4 heteroatoms. The van der Waals surface area contributed by atoms with Crippen molar-refractivity contribution in [2.75, 3.05) is 21.0 Å². The predicted molar refractivity (Wildman–Crippen MR) is 64.0 cm³/mol. The monoisotopic (exact) mass is 238 g/mol. The van der Waals surface area contributed by atoms with Crippen molar-refractivity contribution in [2.45, 2.75) is 19.8 Å². The van der Waals surface area contributed by atoms with E-state index in [1.165, 1.54) is 7.11 Å². The second kappa shape index (κ2) is 6.91. The number of methoxy groups -OCH3 is 2. The number of hydrogen-bond acceptors (Lipinski definition) is 4. The van der Waals surface area contributed by atoms with Crippen molar-refractivity contribution in [1.29, 1.82) is 0 Å². The molecule has 0 amide bonds. The van der Waals surface area contributed by atoms with E-state index in [4.69, 9.17) is 9.47 Å². The average molecular weight is 238 g/mol. The molecule has 0 spiro atoms. The van der Waals surface area contributed by atoms with Crippen molar-refractivity contribution < 1.29 is 19.0 Å². The number of esters is 1. The Balaban J connectivity index is 2.81. The smallest absolute Gasteiger partial charge is 0.309 e. The third-order valence-corrected chi connectivity index (χ3v) is 2.46. The summed E-state index contributed by atoms with van der Waals surface area (Å²) < 4.78 is 14.8. The zero-order valence-corrected chi connectivity index (χ0v) is 10.5. The van der Waals surface area contributed by atoms with Crippen LogP contribution in [0, 0.1) is 0 Å². The summed E-state index contributed by atoms with van der Waals surface area (Å²) in [5, 5.41) is 0. The third-order valence-electron chi connectivity index (χ3n) is 2.46. The molecule has 0 aliphatic heterocycles. The summed E-state index contributed by atoms with van der Waals surface area (Å²) in [7, 11) is 2.97. The Kier molecular flexibility index (Phi) is 5.49. The molecule has 0 unspecified atom stereocenters. The second-order valence-electron chi connectivity index (χ2n) is 3.59. The van der Waals surface area contributed by atoms with E-state index in [1.807, 2.05) is 25.1 Å². The van der Waals surface area contributed by atoms with Crippen LogP contribution in [-0.4, -0.2) is 27.0 Å². The molecule has 1 aromatic carbocycles. The van der Waals surface area contributed by atoms with Crippen LogP contribution in [0.1, 0.15) is 18.1 Å². The molecule has 1 rings (SSSR count). The lowest BCUT2D eigenvalue weighted by atomic mass is 10.0. The molecular weight excluding hydrogens is 220 g/mol. The summed E-state index contributed by atoms with van der Waals surface area (Å²) in [4.78, 5) is 11.2. The van der Waals surface area contributed by atoms with Gasteiger partial charge in [0.25, 0.3) is 0 Å². The van der Waals surface area contributed by atoms with Crippen LogP contribution >= 0.6 is 0 Å². The minimum absolute atomic E-state index is 0.222. The molecule has 1 aromatic rings. The highest BCUT2D eigenvalue weighted by atomic mass is 16.7. The van der Waals surface area contributed by atoms with Gasteiger partial charge in [0.2, 0.25) is 0 Å². The van der Waals surface area contributed by atoms with Crippen LogP contribution in [0.3, 0.4) is 0 Å². The molecule has 0 bridgehead atoms. The van der Waals surface area contributed by atoms with Gasteiger partial charge in [0.05, 0.1) is 13.5 Å². The summed E-state index contributed by atoms with van der Waals surface area (Å²) in [5.74, 6) is 0.516. The van der Waals surface area contributed by atoms with E-state index in [-0.39, 0.29) is 12.8 Å². The molecule has 0 N–H and O–H groups in total. The quantitative estimate of drug-likeness (QED) is 0.561. The maximum Gasteiger partial charge on any atom is 0.309 e. The maximum absolute atomic E-state index is 11.2. The Bertz CT molecular complexity index is 374. The maximum atomic E-state index is 11.2. The Hall–Kier alpha value is -1.55. The lowest BCUT2D eigenvalue weighted by Crippen LogP contribution is -2.07. The molecule has 4 nitrogen and oxygen atoms in total. The average Bonchev–Trinajstić information content (AvgIpc) is 2.37. The van der Waals surface area contributed by atoms with Crippen LogP contribution in [0.25, 0.3) is 0 Å². The van der Waals surface area contributed by atoms with E-state index >= 15 is 0 Å². The lowest BCUT2D eigenvalue weighted by molar-refractivity contribution is -0.139. The summed E-state index contributed by atoms with van der Waals surface area (Å²) in [5.41, 5.74) is 2.06. The molecule has 0 radical (unpaired) electrons. The minimum atomic E-state index is -0.231. The summed E-state index contributed by atoms with van der Waals surface area (Å²) in [6.07, 6.45) is 1.14. The van der Waals surface area contributed by atoms with Crippen molar-refractivity contribution in [2.24, 2.45) is 0 Å². The zero-order valence-electron chi connectivity index (χ0n) is 10.5. The second-order valence-corrected chi connectivity index (χ2v) is 3.59. The number of hydrogen-bond donors (Lipinski definition) is 0. The van der Waals surface area contributed by atoms with Crippen molar-refractivity contribution >= 4 is 5.97 Å². The number of carbonyl (C=O) groups is 1. The summed E-state index contributed by atoms with van der Waals surface area (Å²) in [6, 6.07) is 5.65. The third kappa shape index (κ3) is 4.07. The van der Waals surface area contributed by atoms with E-state index < -0.39 is 0 Å². The number of aryl methyl sites for hydroxylation is 1. The SMILES string of the molecule is CCc1cc(OCOC)ccc1CC(=O)OC. The van der Waals surface area contributed by atoms with Gasteiger partial charge in [-0.25, -0.2) is 0 Å². The highest BCUT2D eigenvalue weighted by molar-refractivity contribution is 5.73. The summed E-state index contributed by atoms with van der Waals surface area (Å²) >= 11 is 0. The van der Waals surface area contributed by atoms with Crippen LogP contribution in [0.2, 0.25) is 0 Å². The number of benzene rings is 1. The normalized spacial score (nSPS) is 10.1. The van der Waals surface area contributed by atoms with E-state index in [0.29, 0.717) is 6.42 Å². The van der Waals surface area contributed by atoms with Crippen LogP contribution in [0.4, 0.5) is 0 Å². The molecule has 0 aromatic heterocycles. The van der Waals surface area contributed by atoms with E-state index in [2.05, 4.69) is 4.74 Å². The molecule has 0 aliphatic rings. The fourth-order valence-corrected chi connectivity index (χ4v) is 1.55. The van der Waals surface area contributed by atoms with Gasteiger partial charge < -0.3 is 14.2 Å². The Morgan fingerprint density at radius 1 is 1.24 bits per heavy atom. The highest BCUT2D eigenvalue weighted by Crippen LogP contribution is 2.19. The fourth-order valence-electron chi connectivity index (χ4n) is 1.55. The highest BCUT2D eigenvalue weighted by Gasteiger charge is 2.08.